The molecule has 1 fully saturated rings. The van der Waals surface area contributed by atoms with Crippen LogP contribution in [0.1, 0.15) is 46.0 Å². The first-order valence-corrected chi connectivity index (χ1v) is 7.94. The highest BCUT2D eigenvalue weighted by molar-refractivity contribution is 5.89. The van der Waals surface area contributed by atoms with Gasteiger partial charge in [0.2, 0.25) is 0 Å². The molecule has 1 aromatic rings. The van der Waals surface area contributed by atoms with Crippen molar-refractivity contribution in [3.05, 3.63) is 24.3 Å². The van der Waals surface area contributed by atoms with E-state index in [0.717, 1.165) is 24.3 Å². The second kappa shape index (κ2) is 7.91. The maximum Gasteiger partial charge on any atom is 0.319 e. The maximum absolute atomic E-state index is 12.0. The fourth-order valence-electron chi connectivity index (χ4n) is 2.53. The summed E-state index contributed by atoms with van der Waals surface area (Å²) < 4.78 is 5.67. The van der Waals surface area contributed by atoms with Crippen molar-refractivity contribution in [2.45, 2.75) is 52.0 Å². The Morgan fingerprint density at radius 2 is 2.05 bits per heavy atom. The second-order valence-corrected chi connectivity index (χ2v) is 6.17. The lowest BCUT2D eigenvalue weighted by molar-refractivity contribution is 0.244. The molecular weight excluding hydrogens is 264 g/mol. The number of anilines is 1. The summed E-state index contributed by atoms with van der Waals surface area (Å²) in [6, 6.07) is 7.74. The van der Waals surface area contributed by atoms with E-state index in [2.05, 4.69) is 24.5 Å². The second-order valence-electron chi connectivity index (χ2n) is 6.17. The van der Waals surface area contributed by atoms with E-state index in [-0.39, 0.29) is 6.03 Å². The van der Waals surface area contributed by atoms with Crippen molar-refractivity contribution in [3.63, 3.8) is 0 Å². The summed E-state index contributed by atoms with van der Waals surface area (Å²) in [5.74, 6) is 1.27. The largest absolute Gasteiger partial charge is 0.493 e. The fourth-order valence-corrected chi connectivity index (χ4v) is 2.53. The van der Waals surface area contributed by atoms with E-state index >= 15 is 0 Å². The van der Waals surface area contributed by atoms with Gasteiger partial charge in [0.1, 0.15) is 5.75 Å². The molecule has 0 atom stereocenters. The van der Waals surface area contributed by atoms with Gasteiger partial charge in [0.05, 0.1) is 6.61 Å². The third kappa shape index (κ3) is 5.66. The smallest absolute Gasteiger partial charge is 0.319 e. The molecule has 1 aliphatic carbocycles. The Morgan fingerprint density at radius 3 is 2.76 bits per heavy atom. The van der Waals surface area contributed by atoms with Crippen LogP contribution in [0, 0.1) is 5.92 Å². The van der Waals surface area contributed by atoms with Crippen LogP contribution in [0.3, 0.4) is 0 Å². The van der Waals surface area contributed by atoms with Crippen molar-refractivity contribution < 1.29 is 9.53 Å². The molecule has 0 saturated heterocycles. The SMILES string of the molecule is CC(C)COc1cccc(NC(=O)NC2CCCCC2)c1. The van der Waals surface area contributed by atoms with Crippen molar-refractivity contribution in [3.8, 4) is 5.75 Å². The highest BCUT2D eigenvalue weighted by Crippen LogP contribution is 2.19. The number of carbonyl (C=O) groups excluding carboxylic acids is 1. The lowest BCUT2D eigenvalue weighted by atomic mass is 9.96. The van der Waals surface area contributed by atoms with Crippen molar-refractivity contribution in [1.82, 2.24) is 5.32 Å². The average molecular weight is 290 g/mol. The number of urea groups is 1. The molecule has 0 radical (unpaired) electrons. The minimum absolute atomic E-state index is 0.122. The van der Waals surface area contributed by atoms with Crippen LogP contribution in [0.5, 0.6) is 5.75 Å². The summed E-state index contributed by atoms with van der Waals surface area (Å²) in [6.07, 6.45) is 5.89. The van der Waals surface area contributed by atoms with Gasteiger partial charge in [-0.25, -0.2) is 4.79 Å². The molecule has 116 valence electrons. The predicted octanol–water partition coefficient (Wildman–Crippen LogP) is 4.18. The molecule has 1 aliphatic rings. The van der Waals surface area contributed by atoms with Crippen LogP contribution in [-0.2, 0) is 0 Å². The van der Waals surface area contributed by atoms with Gasteiger partial charge in [0, 0.05) is 17.8 Å². The first-order valence-electron chi connectivity index (χ1n) is 7.94. The Kier molecular flexibility index (Phi) is 5.90. The Balaban J connectivity index is 1.83. The van der Waals surface area contributed by atoms with Crippen LogP contribution >= 0.6 is 0 Å². The van der Waals surface area contributed by atoms with E-state index < -0.39 is 0 Å². The standard InChI is InChI=1S/C17H26N2O2/c1-13(2)12-21-16-10-6-9-15(11-16)19-17(20)18-14-7-4-3-5-8-14/h6,9-11,13-14H,3-5,7-8,12H2,1-2H3,(H2,18,19,20). The third-order valence-corrected chi connectivity index (χ3v) is 3.62. The quantitative estimate of drug-likeness (QED) is 0.855. The monoisotopic (exact) mass is 290 g/mol. The molecule has 21 heavy (non-hydrogen) atoms. The highest BCUT2D eigenvalue weighted by atomic mass is 16.5. The summed E-state index contributed by atoms with van der Waals surface area (Å²) in [4.78, 5) is 12.0. The topological polar surface area (TPSA) is 50.4 Å². The van der Waals surface area contributed by atoms with E-state index in [0.29, 0.717) is 18.6 Å². The molecule has 1 aromatic carbocycles. The zero-order valence-corrected chi connectivity index (χ0v) is 13.0. The Bertz CT molecular complexity index is 454. The Labute approximate surface area is 127 Å². The molecule has 0 aromatic heterocycles. The van der Waals surface area contributed by atoms with Gasteiger partial charge in [0.15, 0.2) is 0 Å². The van der Waals surface area contributed by atoms with Gasteiger partial charge in [-0.1, -0.05) is 39.2 Å². The zero-order chi connectivity index (χ0) is 15.1. The van der Waals surface area contributed by atoms with E-state index in [1.54, 1.807) is 0 Å². The number of hydrogen-bond acceptors (Lipinski definition) is 2. The first kappa shape index (κ1) is 15.7. The lowest BCUT2D eigenvalue weighted by Gasteiger charge is -2.22. The molecule has 0 heterocycles. The lowest BCUT2D eigenvalue weighted by Crippen LogP contribution is -2.39. The molecule has 1 saturated carbocycles. The highest BCUT2D eigenvalue weighted by Gasteiger charge is 2.15. The molecular formula is C17H26N2O2. The van der Waals surface area contributed by atoms with Gasteiger partial charge in [-0.3, -0.25) is 0 Å². The molecule has 2 N–H and O–H groups in total. The molecule has 0 spiro atoms. The van der Waals surface area contributed by atoms with Crippen LogP contribution in [0.15, 0.2) is 24.3 Å². The number of benzene rings is 1. The van der Waals surface area contributed by atoms with Crippen LogP contribution in [-0.4, -0.2) is 18.7 Å². The Hall–Kier alpha value is -1.71. The van der Waals surface area contributed by atoms with Crippen LogP contribution in [0.25, 0.3) is 0 Å². The maximum atomic E-state index is 12.0. The Morgan fingerprint density at radius 1 is 1.29 bits per heavy atom. The van der Waals surface area contributed by atoms with Crippen LogP contribution < -0.4 is 15.4 Å². The van der Waals surface area contributed by atoms with Gasteiger partial charge >= 0.3 is 6.03 Å². The van der Waals surface area contributed by atoms with Crippen LogP contribution in [0.4, 0.5) is 10.5 Å². The molecule has 2 rings (SSSR count). The number of rotatable bonds is 5. The molecule has 0 bridgehead atoms. The summed E-state index contributed by atoms with van der Waals surface area (Å²) in [6.45, 7) is 4.90. The van der Waals surface area contributed by atoms with Gasteiger partial charge in [-0.05, 0) is 30.9 Å². The summed E-state index contributed by atoms with van der Waals surface area (Å²) in [5.41, 5.74) is 0.768. The number of ether oxygens (including phenoxy) is 1. The van der Waals surface area contributed by atoms with Gasteiger partial charge < -0.3 is 15.4 Å². The van der Waals surface area contributed by atoms with Crippen molar-refractivity contribution in [1.29, 1.82) is 0 Å². The normalized spacial score (nSPS) is 15.8. The number of carbonyl (C=O) groups is 1. The molecule has 4 nitrogen and oxygen atoms in total. The molecule has 0 unspecified atom stereocenters. The van der Waals surface area contributed by atoms with E-state index in [9.17, 15) is 4.79 Å². The number of amides is 2. The van der Waals surface area contributed by atoms with E-state index in [1.165, 1.54) is 19.3 Å². The van der Waals surface area contributed by atoms with Crippen molar-refractivity contribution in [2.75, 3.05) is 11.9 Å². The van der Waals surface area contributed by atoms with Gasteiger partial charge in [0.25, 0.3) is 0 Å². The third-order valence-electron chi connectivity index (χ3n) is 3.62. The minimum Gasteiger partial charge on any atom is -0.493 e. The van der Waals surface area contributed by atoms with Crippen molar-refractivity contribution in [2.24, 2.45) is 5.92 Å². The molecule has 2 amide bonds. The summed E-state index contributed by atoms with van der Waals surface area (Å²) >= 11 is 0. The number of nitrogens with one attached hydrogen (secondary N) is 2. The zero-order valence-electron chi connectivity index (χ0n) is 13.0. The summed E-state index contributed by atoms with van der Waals surface area (Å²) in [5, 5.41) is 5.93. The average Bonchev–Trinajstić information content (AvgIpc) is 2.46. The van der Waals surface area contributed by atoms with E-state index in [4.69, 9.17) is 4.74 Å². The van der Waals surface area contributed by atoms with Gasteiger partial charge in [-0.15, -0.1) is 0 Å². The summed E-state index contributed by atoms with van der Waals surface area (Å²) in [7, 11) is 0. The molecule has 4 heteroatoms. The molecule has 0 aliphatic heterocycles. The first-order chi connectivity index (χ1) is 10.1. The van der Waals surface area contributed by atoms with E-state index in [1.807, 2.05) is 24.3 Å². The predicted molar refractivity (Wildman–Crippen MR) is 85.8 cm³/mol. The minimum atomic E-state index is -0.122. The van der Waals surface area contributed by atoms with Crippen molar-refractivity contribution >= 4 is 11.7 Å². The number of hydrogen-bond donors (Lipinski definition) is 2. The van der Waals surface area contributed by atoms with Crippen LogP contribution in [0.2, 0.25) is 0 Å². The fraction of sp³-hybridized carbons (Fsp3) is 0.588. The van der Waals surface area contributed by atoms with Gasteiger partial charge in [-0.2, -0.15) is 0 Å².